The second-order valence-electron chi connectivity index (χ2n) is 5.94. The van der Waals surface area contributed by atoms with Gasteiger partial charge in [-0.3, -0.25) is 9.59 Å². The van der Waals surface area contributed by atoms with E-state index in [1.807, 2.05) is 56.4 Å². The van der Waals surface area contributed by atoms with Gasteiger partial charge in [0.05, 0.1) is 6.04 Å². The van der Waals surface area contributed by atoms with Crippen molar-refractivity contribution >= 4 is 29.9 Å². The predicted octanol–water partition coefficient (Wildman–Crippen LogP) is 3.54. The third-order valence-electron chi connectivity index (χ3n) is 3.89. The fourth-order valence-electron chi connectivity index (χ4n) is 2.50. The number of halogens is 1. The molecule has 0 aromatic heterocycles. The average Bonchev–Trinajstić information content (AvgIpc) is 2.63. The van der Waals surface area contributed by atoms with Crippen molar-refractivity contribution in [2.24, 2.45) is 0 Å². The SMILES string of the molecule is CNCCCC(=O)NC(C)c1cccc(NC(=O)c2ccccc2)c1.Cl. The van der Waals surface area contributed by atoms with Crippen LogP contribution in [0.15, 0.2) is 54.6 Å². The third-order valence-corrected chi connectivity index (χ3v) is 3.89. The Balaban J connectivity index is 0.00000338. The summed E-state index contributed by atoms with van der Waals surface area (Å²) in [6.45, 7) is 2.76. The average molecular weight is 376 g/mol. The normalized spacial score (nSPS) is 11.2. The molecule has 140 valence electrons. The number of rotatable bonds is 8. The van der Waals surface area contributed by atoms with E-state index < -0.39 is 0 Å². The van der Waals surface area contributed by atoms with Crippen LogP contribution in [0.2, 0.25) is 0 Å². The van der Waals surface area contributed by atoms with E-state index in [0.29, 0.717) is 17.7 Å². The van der Waals surface area contributed by atoms with Gasteiger partial charge in [0.1, 0.15) is 0 Å². The molecule has 1 unspecified atom stereocenters. The van der Waals surface area contributed by atoms with Crippen LogP contribution in [0.4, 0.5) is 5.69 Å². The Kier molecular flexibility index (Phi) is 9.41. The van der Waals surface area contributed by atoms with E-state index in [4.69, 9.17) is 0 Å². The Morgan fingerprint density at radius 2 is 1.77 bits per heavy atom. The lowest BCUT2D eigenvalue weighted by molar-refractivity contribution is -0.121. The Labute approximate surface area is 161 Å². The molecular formula is C20H26ClN3O2. The smallest absolute Gasteiger partial charge is 0.255 e. The summed E-state index contributed by atoms with van der Waals surface area (Å²) < 4.78 is 0. The number of anilines is 1. The second kappa shape index (κ2) is 11.3. The van der Waals surface area contributed by atoms with Crippen LogP contribution in [-0.4, -0.2) is 25.4 Å². The molecule has 2 aromatic carbocycles. The predicted molar refractivity (Wildman–Crippen MR) is 108 cm³/mol. The molecule has 5 nitrogen and oxygen atoms in total. The quantitative estimate of drug-likeness (QED) is 0.618. The Morgan fingerprint density at radius 1 is 1.04 bits per heavy atom. The van der Waals surface area contributed by atoms with E-state index in [0.717, 1.165) is 18.5 Å². The lowest BCUT2D eigenvalue weighted by Crippen LogP contribution is -2.27. The van der Waals surface area contributed by atoms with Gasteiger partial charge >= 0.3 is 0 Å². The lowest BCUT2D eigenvalue weighted by Gasteiger charge is -2.16. The number of hydrogen-bond donors (Lipinski definition) is 3. The van der Waals surface area contributed by atoms with E-state index in [1.165, 1.54) is 0 Å². The lowest BCUT2D eigenvalue weighted by atomic mass is 10.1. The van der Waals surface area contributed by atoms with Gasteiger partial charge in [-0.15, -0.1) is 12.4 Å². The van der Waals surface area contributed by atoms with Crippen molar-refractivity contribution in [3.8, 4) is 0 Å². The molecule has 0 spiro atoms. The van der Waals surface area contributed by atoms with E-state index >= 15 is 0 Å². The Bertz CT molecular complexity index is 707. The van der Waals surface area contributed by atoms with Gasteiger partial charge in [0, 0.05) is 17.7 Å². The standard InChI is InChI=1S/C20H25N3O2.ClH/c1-15(22-19(24)12-7-13-21-2)17-10-6-11-18(14-17)23-20(25)16-8-4-3-5-9-16;/h3-6,8-11,14-15,21H,7,12-13H2,1-2H3,(H,22,24)(H,23,25);1H. The van der Waals surface area contributed by atoms with Crippen molar-refractivity contribution in [3.63, 3.8) is 0 Å². The first-order valence-electron chi connectivity index (χ1n) is 8.50. The van der Waals surface area contributed by atoms with Gasteiger partial charge < -0.3 is 16.0 Å². The number of hydrogen-bond acceptors (Lipinski definition) is 3. The van der Waals surface area contributed by atoms with Crippen LogP contribution in [0.5, 0.6) is 0 Å². The molecule has 0 saturated carbocycles. The highest BCUT2D eigenvalue weighted by Crippen LogP contribution is 2.18. The number of amides is 2. The highest BCUT2D eigenvalue weighted by Gasteiger charge is 2.11. The first-order chi connectivity index (χ1) is 12.1. The summed E-state index contributed by atoms with van der Waals surface area (Å²) in [5.74, 6) is -0.122. The zero-order valence-electron chi connectivity index (χ0n) is 15.1. The first-order valence-corrected chi connectivity index (χ1v) is 8.50. The molecule has 0 saturated heterocycles. The largest absolute Gasteiger partial charge is 0.350 e. The monoisotopic (exact) mass is 375 g/mol. The summed E-state index contributed by atoms with van der Waals surface area (Å²) in [6.07, 6.45) is 1.30. The van der Waals surface area contributed by atoms with Gasteiger partial charge in [0.25, 0.3) is 5.91 Å². The zero-order chi connectivity index (χ0) is 18.1. The van der Waals surface area contributed by atoms with Gasteiger partial charge in [0.15, 0.2) is 0 Å². The van der Waals surface area contributed by atoms with Gasteiger partial charge in [-0.1, -0.05) is 30.3 Å². The molecule has 3 N–H and O–H groups in total. The summed E-state index contributed by atoms with van der Waals surface area (Å²) in [6, 6.07) is 16.5. The zero-order valence-corrected chi connectivity index (χ0v) is 15.9. The summed E-state index contributed by atoms with van der Waals surface area (Å²) >= 11 is 0. The summed E-state index contributed by atoms with van der Waals surface area (Å²) in [4.78, 5) is 24.2. The molecule has 0 aliphatic carbocycles. The van der Waals surface area contributed by atoms with Crippen LogP contribution in [0.25, 0.3) is 0 Å². The van der Waals surface area contributed by atoms with E-state index in [9.17, 15) is 9.59 Å². The first kappa shape index (κ1) is 21.7. The molecular weight excluding hydrogens is 350 g/mol. The van der Waals surface area contributed by atoms with Crippen LogP contribution >= 0.6 is 12.4 Å². The molecule has 0 heterocycles. The maximum Gasteiger partial charge on any atom is 0.255 e. The summed E-state index contributed by atoms with van der Waals surface area (Å²) in [5, 5.41) is 8.90. The fraction of sp³-hybridized carbons (Fsp3) is 0.300. The molecule has 2 rings (SSSR count). The van der Waals surface area contributed by atoms with Crippen molar-refractivity contribution in [2.45, 2.75) is 25.8 Å². The van der Waals surface area contributed by atoms with Crippen molar-refractivity contribution in [2.75, 3.05) is 18.9 Å². The Hall–Kier alpha value is -2.37. The number of nitrogens with one attached hydrogen (secondary N) is 3. The van der Waals surface area contributed by atoms with Gasteiger partial charge in [-0.05, 0) is 56.8 Å². The molecule has 0 radical (unpaired) electrons. The number of carbonyl (C=O) groups is 2. The van der Waals surface area contributed by atoms with E-state index in [2.05, 4.69) is 16.0 Å². The van der Waals surface area contributed by atoms with Crippen LogP contribution in [0.1, 0.15) is 41.7 Å². The Morgan fingerprint density at radius 3 is 2.46 bits per heavy atom. The maximum absolute atomic E-state index is 12.2. The van der Waals surface area contributed by atoms with E-state index in [-0.39, 0.29) is 30.3 Å². The van der Waals surface area contributed by atoms with Crippen LogP contribution < -0.4 is 16.0 Å². The minimum Gasteiger partial charge on any atom is -0.350 e. The van der Waals surface area contributed by atoms with Crippen molar-refractivity contribution in [3.05, 3.63) is 65.7 Å². The number of benzene rings is 2. The molecule has 2 amide bonds. The van der Waals surface area contributed by atoms with Gasteiger partial charge in [-0.25, -0.2) is 0 Å². The minimum absolute atomic E-state index is 0. The highest BCUT2D eigenvalue weighted by atomic mass is 35.5. The summed E-state index contributed by atoms with van der Waals surface area (Å²) in [7, 11) is 1.87. The molecule has 26 heavy (non-hydrogen) atoms. The topological polar surface area (TPSA) is 70.2 Å². The third kappa shape index (κ3) is 6.86. The van der Waals surface area contributed by atoms with Gasteiger partial charge in [0.2, 0.25) is 5.91 Å². The minimum atomic E-state index is -0.151. The summed E-state index contributed by atoms with van der Waals surface area (Å²) in [5.41, 5.74) is 2.27. The molecule has 0 bridgehead atoms. The van der Waals surface area contributed by atoms with E-state index in [1.54, 1.807) is 12.1 Å². The molecule has 1 atom stereocenters. The van der Waals surface area contributed by atoms with Crippen LogP contribution in [0.3, 0.4) is 0 Å². The number of carbonyl (C=O) groups excluding carboxylic acids is 2. The molecule has 2 aromatic rings. The van der Waals surface area contributed by atoms with Crippen molar-refractivity contribution in [1.29, 1.82) is 0 Å². The fourth-order valence-corrected chi connectivity index (χ4v) is 2.50. The molecule has 0 aliphatic heterocycles. The highest BCUT2D eigenvalue weighted by molar-refractivity contribution is 6.04. The van der Waals surface area contributed by atoms with Crippen LogP contribution in [-0.2, 0) is 4.79 Å². The molecule has 0 fully saturated rings. The van der Waals surface area contributed by atoms with Crippen molar-refractivity contribution in [1.82, 2.24) is 10.6 Å². The van der Waals surface area contributed by atoms with Crippen LogP contribution in [0, 0.1) is 0 Å². The second-order valence-corrected chi connectivity index (χ2v) is 5.94. The maximum atomic E-state index is 12.2. The molecule has 0 aliphatic rings. The van der Waals surface area contributed by atoms with Crippen molar-refractivity contribution < 1.29 is 9.59 Å². The van der Waals surface area contributed by atoms with Gasteiger partial charge in [-0.2, -0.15) is 0 Å². The molecule has 6 heteroatoms.